The van der Waals surface area contributed by atoms with Crippen molar-refractivity contribution < 1.29 is 18.0 Å². The molecule has 1 saturated heterocycles. The molecule has 2 N–H and O–H groups in total. The first-order valence-corrected chi connectivity index (χ1v) is 9.61. The Morgan fingerprint density at radius 3 is 2.41 bits per heavy atom. The molecule has 4 nitrogen and oxygen atoms in total. The number of alkyl halides is 3. The number of halogens is 5. The molecule has 3 unspecified atom stereocenters. The van der Waals surface area contributed by atoms with Crippen LogP contribution >= 0.6 is 23.2 Å². The lowest BCUT2D eigenvalue weighted by atomic mass is 9.89. The topological polar surface area (TPSA) is 44.4 Å². The van der Waals surface area contributed by atoms with E-state index < -0.39 is 30.2 Å². The van der Waals surface area contributed by atoms with Crippen molar-refractivity contribution in [1.82, 2.24) is 15.8 Å². The van der Waals surface area contributed by atoms with Crippen molar-refractivity contribution in [2.24, 2.45) is 0 Å². The van der Waals surface area contributed by atoms with Crippen LogP contribution in [0.5, 0.6) is 0 Å². The first-order chi connectivity index (χ1) is 13.7. The Morgan fingerprint density at radius 1 is 1.03 bits per heavy atom. The lowest BCUT2D eigenvalue weighted by molar-refractivity contribution is -0.161. The summed E-state index contributed by atoms with van der Waals surface area (Å²) in [5, 5.41) is 4.51. The van der Waals surface area contributed by atoms with Crippen LogP contribution in [-0.4, -0.2) is 29.3 Å². The minimum atomic E-state index is -4.57. The summed E-state index contributed by atoms with van der Waals surface area (Å²) in [6, 6.07) is 11.8. The van der Waals surface area contributed by atoms with E-state index >= 15 is 0 Å². The quantitative estimate of drug-likeness (QED) is 0.741. The van der Waals surface area contributed by atoms with Gasteiger partial charge in [-0.3, -0.25) is 9.80 Å². The summed E-state index contributed by atoms with van der Waals surface area (Å²) < 4.78 is 41.3. The lowest BCUT2D eigenvalue weighted by Gasteiger charge is -2.33. The number of amides is 1. The number of fused-ring (bicyclic) bond motifs is 1. The molecule has 2 aliphatic rings. The zero-order chi connectivity index (χ0) is 20.8. The molecule has 29 heavy (non-hydrogen) atoms. The molecule has 152 valence electrons. The largest absolute Gasteiger partial charge is 0.406 e. The number of carbonyl (C=O) groups excluding carboxylic acids is 1. The van der Waals surface area contributed by atoms with Gasteiger partial charge in [-0.15, -0.1) is 0 Å². The third-order valence-electron chi connectivity index (χ3n) is 5.04. The second-order valence-corrected chi connectivity index (χ2v) is 7.79. The molecule has 0 aliphatic carbocycles. The fraction of sp³-hybridized carbons (Fsp3) is 0.250. The summed E-state index contributed by atoms with van der Waals surface area (Å²) in [6.07, 6.45) is -3.77. The molecule has 0 spiro atoms. The summed E-state index contributed by atoms with van der Waals surface area (Å²) >= 11 is 12.0. The number of rotatable bonds is 3. The minimum absolute atomic E-state index is 0.158. The Morgan fingerprint density at radius 2 is 1.76 bits per heavy atom. The van der Waals surface area contributed by atoms with E-state index in [1.807, 2.05) is 30.3 Å². The first-order valence-electron chi connectivity index (χ1n) is 8.86. The van der Waals surface area contributed by atoms with Gasteiger partial charge in [-0.25, -0.2) is 5.43 Å². The Labute approximate surface area is 175 Å². The fourth-order valence-electron chi connectivity index (χ4n) is 3.75. The van der Waals surface area contributed by atoms with Crippen LogP contribution in [-0.2, 0) is 11.2 Å². The summed E-state index contributed by atoms with van der Waals surface area (Å²) in [5.74, 6) is -1.63. The van der Waals surface area contributed by atoms with Gasteiger partial charge in [-0.1, -0.05) is 59.6 Å². The maximum absolute atomic E-state index is 13.8. The molecule has 2 heterocycles. The predicted molar refractivity (Wildman–Crippen MR) is 104 cm³/mol. The molecule has 9 heteroatoms. The van der Waals surface area contributed by atoms with E-state index in [-0.39, 0.29) is 10.0 Å². The number of carbonyl (C=O) groups is 1. The van der Waals surface area contributed by atoms with Gasteiger partial charge in [-0.05, 0) is 23.3 Å². The highest BCUT2D eigenvalue weighted by Gasteiger charge is 2.57. The molecular formula is C20H16Cl2F3N3O. The summed E-state index contributed by atoms with van der Waals surface area (Å²) in [4.78, 5) is 12.6. The second kappa shape index (κ2) is 7.55. The second-order valence-electron chi connectivity index (χ2n) is 6.98. The standard InChI is InChI=1S/C20H16Cl2F3N3O/c21-14-7-6-12(9-15(14)22)17-18(20(23,24)25)27-28-16(29)10-13(26-19(17)28)8-11-4-2-1-3-5-11/h1-7,9-10,17-19,26-27H,8H2. The van der Waals surface area contributed by atoms with Crippen molar-refractivity contribution in [1.29, 1.82) is 0 Å². The van der Waals surface area contributed by atoms with Gasteiger partial charge in [-0.2, -0.15) is 13.2 Å². The predicted octanol–water partition coefficient (Wildman–Crippen LogP) is 4.41. The molecule has 3 atom stereocenters. The normalized spacial score (nSPS) is 24.2. The number of nitrogens with zero attached hydrogens (tertiary/aromatic N) is 1. The highest BCUT2D eigenvalue weighted by Crippen LogP contribution is 2.42. The van der Waals surface area contributed by atoms with Crippen molar-refractivity contribution in [3.63, 3.8) is 0 Å². The molecule has 0 bridgehead atoms. The van der Waals surface area contributed by atoms with E-state index in [2.05, 4.69) is 10.7 Å². The van der Waals surface area contributed by atoms with Crippen molar-refractivity contribution in [3.8, 4) is 0 Å². The van der Waals surface area contributed by atoms with Gasteiger partial charge < -0.3 is 5.32 Å². The van der Waals surface area contributed by atoms with Crippen LogP contribution in [0.1, 0.15) is 17.0 Å². The van der Waals surface area contributed by atoms with Crippen molar-refractivity contribution >= 4 is 29.1 Å². The van der Waals surface area contributed by atoms with E-state index in [4.69, 9.17) is 23.2 Å². The highest BCUT2D eigenvalue weighted by atomic mass is 35.5. The van der Waals surface area contributed by atoms with Crippen molar-refractivity contribution in [2.45, 2.75) is 30.7 Å². The molecule has 2 aromatic rings. The van der Waals surface area contributed by atoms with E-state index in [9.17, 15) is 18.0 Å². The van der Waals surface area contributed by atoms with Gasteiger partial charge in [0.2, 0.25) is 0 Å². The molecule has 2 aromatic carbocycles. The number of hydrogen-bond donors (Lipinski definition) is 2. The Balaban J connectivity index is 1.69. The molecule has 1 amide bonds. The number of benzene rings is 2. The van der Waals surface area contributed by atoms with Gasteiger partial charge in [0.1, 0.15) is 12.2 Å². The molecule has 0 aromatic heterocycles. The van der Waals surface area contributed by atoms with Crippen molar-refractivity contribution in [3.05, 3.63) is 81.5 Å². The average molecular weight is 442 g/mol. The minimum Gasteiger partial charge on any atom is -0.366 e. The van der Waals surface area contributed by atoms with Crippen LogP contribution in [0.2, 0.25) is 10.0 Å². The molecular weight excluding hydrogens is 426 g/mol. The van der Waals surface area contributed by atoms with Gasteiger partial charge >= 0.3 is 6.18 Å². The third kappa shape index (κ3) is 3.95. The zero-order valence-corrected chi connectivity index (χ0v) is 16.4. The monoisotopic (exact) mass is 441 g/mol. The zero-order valence-electron chi connectivity index (χ0n) is 14.9. The SMILES string of the molecule is O=C1C=C(Cc2ccccc2)NC2C(c3ccc(Cl)c(Cl)c3)C(C(F)(F)F)NN12. The van der Waals surface area contributed by atoms with Crippen LogP contribution in [0.4, 0.5) is 13.2 Å². The number of nitrogens with one attached hydrogen (secondary N) is 2. The van der Waals surface area contributed by atoms with Crippen LogP contribution in [0, 0.1) is 0 Å². The van der Waals surface area contributed by atoms with E-state index in [1.165, 1.54) is 24.3 Å². The number of hydrazine groups is 1. The Hall–Kier alpha value is -2.22. The van der Waals surface area contributed by atoms with Crippen LogP contribution in [0.25, 0.3) is 0 Å². The van der Waals surface area contributed by atoms with Crippen LogP contribution in [0.15, 0.2) is 60.3 Å². The van der Waals surface area contributed by atoms with E-state index in [0.717, 1.165) is 10.6 Å². The van der Waals surface area contributed by atoms with Gasteiger partial charge in [0.25, 0.3) is 5.91 Å². The van der Waals surface area contributed by atoms with Gasteiger partial charge in [0, 0.05) is 18.2 Å². The molecule has 0 radical (unpaired) electrons. The van der Waals surface area contributed by atoms with E-state index in [0.29, 0.717) is 17.7 Å². The molecule has 0 saturated carbocycles. The summed E-state index contributed by atoms with van der Waals surface area (Å²) in [6.45, 7) is 0. The van der Waals surface area contributed by atoms with Gasteiger partial charge in [0.05, 0.1) is 16.0 Å². The lowest BCUT2D eigenvalue weighted by Crippen LogP contribution is -2.53. The fourth-order valence-corrected chi connectivity index (χ4v) is 4.05. The number of allylic oxidation sites excluding steroid dienone is 1. The van der Waals surface area contributed by atoms with Crippen LogP contribution < -0.4 is 10.7 Å². The highest BCUT2D eigenvalue weighted by molar-refractivity contribution is 6.42. The maximum atomic E-state index is 13.8. The molecule has 4 rings (SSSR count). The van der Waals surface area contributed by atoms with E-state index in [1.54, 1.807) is 0 Å². The van der Waals surface area contributed by atoms with Crippen LogP contribution in [0.3, 0.4) is 0 Å². The molecule has 1 fully saturated rings. The smallest absolute Gasteiger partial charge is 0.366 e. The van der Waals surface area contributed by atoms with Gasteiger partial charge in [0.15, 0.2) is 0 Å². The third-order valence-corrected chi connectivity index (χ3v) is 5.78. The summed E-state index contributed by atoms with van der Waals surface area (Å²) in [5.41, 5.74) is 4.16. The maximum Gasteiger partial charge on any atom is 0.406 e. The Kier molecular flexibility index (Phi) is 5.23. The summed E-state index contributed by atoms with van der Waals surface area (Å²) in [7, 11) is 0. The first kappa shape index (κ1) is 20.1. The molecule has 2 aliphatic heterocycles. The number of hydrogen-bond acceptors (Lipinski definition) is 3. The average Bonchev–Trinajstić information content (AvgIpc) is 3.05. The Bertz CT molecular complexity index is 965. The van der Waals surface area contributed by atoms with Crippen molar-refractivity contribution in [2.75, 3.05) is 0 Å².